The van der Waals surface area contributed by atoms with E-state index in [2.05, 4.69) is 14.5 Å². The number of hydrogen-bond acceptors (Lipinski definition) is 3. The van der Waals surface area contributed by atoms with E-state index in [1.165, 1.54) is 0 Å². The molecule has 1 aromatic rings. The maximum atomic E-state index is 12.7. The summed E-state index contributed by atoms with van der Waals surface area (Å²) in [4.78, 5) is 3.14. The second-order valence-corrected chi connectivity index (χ2v) is 3.18. The monoisotopic (exact) mass is 275 g/mol. The van der Waals surface area contributed by atoms with E-state index < -0.39 is 35.3 Å². The molecule has 0 spiro atoms. The van der Waals surface area contributed by atoms with Crippen LogP contribution in [0.25, 0.3) is 0 Å². The molecule has 0 fully saturated rings. The van der Waals surface area contributed by atoms with E-state index in [1.54, 1.807) is 0 Å². The summed E-state index contributed by atoms with van der Waals surface area (Å²) in [6, 6.07) is 0. The minimum atomic E-state index is -5.09. The van der Waals surface area contributed by atoms with Crippen molar-refractivity contribution in [3.8, 4) is 11.6 Å². The maximum absolute atomic E-state index is 12.7. The van der Waals surface area contributed by atoms with Crippen molar-refractivity contribution >= 4 is 0 Å². The van der Waals surface area contributed by atoms with Gasteiger partial charge in [0, 0.05) is 5.56 Å². The molecular weight excluding hydrogens is 268 g/mol. The largest absolute Gasteiger partial charge is 0.573 e. The molecule has 18 heavy (non-hydrogen) atoms. The van der Waals surface area contributed by atoms with Crippen LogP contribution in [-0.4, -0.2) is 18.5 Å². The van der Waals surface area contributed by atoms with Crippen LogP contribution < -0.4 is 9.47 Å². The summed E-state index contributed by atoms with van der Waals surface area (Å²) in [5, 5.41) is 0. The van der Waals surface area contributed by atoms with Crippen molar-refractivity contribution in [3.63, 3.8) is 0 Å². The molecular formula is C9H7F6NO2. The van der Waals surface area contributed by atoms with Crippen LogP contribution in [0.1, 0.15) is 11.1 Å². The smallest absolute Gasteiger partial charge is 0.481 e. The first-order valence-corrected chi connectivity index (χ1v) is 4.42. The Hall–Kier alpha value is -1.67. The molecule has 1 aromatic heterocycles. The first kappa shape index (κ1) is 14.4. The normalized spacial score (nSPS) is 12.4. The lowest BCUT2D eigenvalue weighted by Gasteiger charge is -2.17. The minimum absolute atomic E-state index is 0.525. The van der Waals surface area contributed by atoms with Crippen molar-refractivity contribution in [1.82, 2.24) is 4.98 Å². The van der Waals surface area contributed by atoms with E-state index in [-0.39, 0.29) is 0 Å². The molecule has 0 N–H and O–H groups in total. The van der Waals surface area contributed by atoms with Crippen molar-refractivity contribution in [2.75, 3.05) is 7.11 Å². The molecule has 0 bridgehead atoms. The lowest BCUT2D eigenvalue weighted by Crippen LogP contribution is -2.20. The summed E-state index contributed by atoms with van der Waals surface area (Å²) in [5.41, 5.74) is -2.14. The fourth-order valence-electron chi connectivity index (χ4n) is 1.28. The fraction of sp³-hybridized carbons (Fsp3) is 0.444. The van der Waals surface area contributed by atoms with Gasteiger partial charge >= 0.3 is 12.5 Å². The van der Waals surface area contributed by atoms with Gasteiger partial charge in [-0.3, -0.25) is 0 Å². The molecule has 0 aliphatic heterocycles. The zero-order valence-electron chi connectivity index (χ0n) is 9.11. The summed E-state index contributed by atoms with van der Waals surface area (Å²) in [7, 11) is 0.932. The number of alkyl halides is 6. The van der Waals surface area contributed by atoms with E-state index >= 15 is 0 Å². The number of nitrogens with zero attached hydrogens (tertiary/aromatic N) is 1. The molecule has 0 aliphatic carbocycles. The maximum Gasteiger partial charge on any atom is 0.573 e. The van der Waals surface area contributed by atoms with Crippen molar-refractivity contribution in [3.05, 3.63) is 17.3 Å². The fourth-order valence-corrected chi connectivity index (χ4v) is 1.28. The van der Waals surface area contributed by atoms with Crippen LogP contribution in [0.3, 0.4) is 0 Å². The zero-order chi connectivity index (χ0) is 14.1. The van der Waals surface area contributed by atoms with Crippen LogP contribution in [0, 0.1) is 6.92 Å². The van der Waals surface area contributed by atoms with Gasteiger partial charge < -0.3 is 9.47 Å². The Labute approximate surface area is 97.3 Å². The Balaban J connectivity index is 3.35. The van der Waals surface area contributed by atoms with Crippen LogP contribution in [0.5, 0.6) is 11.6 Å². The molecule has 0 aromatic carbocycles. The third-order valence-electron chi connectivity index (χ3n) is 1.96. The van der Waals surface area contributed by atoms with Gasteiger partial charge in [-0.1, -0.05) is 0 Å². The highest BCUT2D eigenvalue weighted by atomic mass is 19.4. The molecule has 0 amide bonds. The Bertz CT molecular complexity index is 440. The second kappa shape index (κ2) is 4.54. The summed E-state index contributed by atoms with van der Waals surface area (Å²) < 4.78 is 81.7. The summed E-state index contributed by atoms with van der Waals surface area (Å²) in [5.74, 6) is -1.83. The third kappa shape index (κ3) is 3.17. The number of hydrogen-bond donors (Lipinski definition) is 0. The van der Waals surface area contributed by atoms with Crippen LogP contribution in [0.2, 0.25) is 0 Å². The lowest BCUT2D eigenvalue weighted by molar-refractivity contribution is -0.275. The van der Waals surface area contributed by atoms with Gasteiger partial charge in [0.1, 0.15) is 5.56 Å². The number of rotatable bonds is 2. The van der Waals surface area contributed by atoms with Gasteiger partial charge in [-0.15, -0.1) is 13.2 Å². The first-order valence-electron chi connectivity index (χ1n) is 4.42. The van der Waals surface area contributed by atoms with E-state index in [1.807, 2.05) is 0 Å². The van der Waals surface area contributed by atoms with Crippen molar-refractivity contribution in [1.29, 1.82) is 0 Å². The quantitative estimate of drug-likeness (QED) is 0.776. The SMILES string of the molecule is COc1ncc(OC(F)(F)F)c(C)c1C(F)(F)F. The minimum Gasteiger partial charge on any atom is -0.481 e. The van der Waals surface area contributed by atoms with Gasteiger partial charge in [0.25, 0.3) is 0 Å². The van der Waals surface area contributed by atoms with Gasteiger partial charge in [-0.2, -0.15) is 13.2 Å². The average molecular weight is 275 g/mol. The Morgan fingerprint density at radius 3 is 2.06 bits per heavy atom. The third-order valence-corrected chi connectivity index (χ3v) is 1.96. The number of ether oxygens (including phenoxy) is 2. The predicted molar refractivity (Wildman–Crippen MR) is 47.2 cm³/mol. The molecule has 1 heterocycles. The summed E-state index contributed by atoms with van der Waals surface area (Å²) >= 11 is 0. The van der Waals surface area contributed by atoms with E-state index in [9.17, 15) is 26.3 Å². The predicted octanol–water partition coefficient (Wildman–Crippen LogP) is 3.32. The molecule has 0 radical (unpaired) electrons. The van der Waals surface area contributed by atoms with Crippen molar-refractivity contribution in [2.24, 2.45) is 0 Å². The van der Waals surface area contributed by atoms with Gasteiger partial charge in [-0.25, -0.2) is 4.98 Å². The van der Waals surface area contributed by atoms with E-state index in [0.29, 0.717) is 6.20 Å². The molecule has 3 nitrogen and oxygen atoms in total. The van der Waals surface area contributed by atoms with Gasteiger partial charge in [0.2, 0.25) is 5.88 Å². The zero-order valence-corrected chi connectivity index (χ0v) is 9.11. The highest BCUT2D eigenvalue weighted by molar-refractivity contribution is 5.44. The Morgan fingerprint density at radius 2 is 1.67 bits per heavy atom. The lowest BCUT2D eigenvalue weighted by atomic mass is 10.1. The molecule has 9 heteroatoms. The van der Waals surface area contributed by atoms with Crippen molar-refractivity contribution < 1.29 is 35.8 Å². The number of pyridine rings is 1. The molecule has 0 saturated heterocycles. The number of halogens is 6. The molecule has 1 rings (SSSR count). The average Bonchev–Trinajstić information content (AvgIpc) is 2.16. The van der Waals surface area contributed by atoms with Crippen LogP contribution in [0.15, 0.2) is 6.20 Å². The van der Waals surface area contributed by atoms with Gasteiger partial charge in [-0.05, 0) is 6.92 Å². The summed E-state index contributed by atoms with van der Waals surface area (Å²) in [6.07, 6.45) is -9.46. The molecule has 0 atom stereocenters. The molecule has 102 valence electrons. The van der Waals surface area contributed by atoms with E-state index in [0.717, 1.165) is 14.0 Å². The van der Waals surface area contributed by atoms with Crippen LogP contribution in [0.4, 0.5) is 26.3 Å². The number of methoxy groups -OCH3 is 1. The number of aromatic nitrogens is 1. The van der Waals surface area contributed by atoms with Gasteiger partial charge in [0.05, 0.1) is 13.3 Å². The molecule has 0 aliphatic rings. The topological polar surface area (TPSA) is 31.4 Å². The molecule has 0 unspecified atom stereocenters. The van der Waals surface area contributed by atoms with E-state index in [4.69, 9.17) is 0 Å². The summed E-state index contributed by atoms with van der Waals surface area (Å²) in [6.45, 7) is 0.841. The highest BCUT2D eigenvalue weighted by Crippen LogP contribution is 2.41. The second-order valence-electron chi connectivity index (χ2n) is 3.18. The Kier molecular flexibility index (Phi) is 3.63. The van der Waals surface area contributed by atoms with Crippen LogP contribution >= 0.6 is 0 Å². The standard InChI is InChI=1S/C9H7F6NO2/c1-4-5(18-9(13,14)15)3-16-7(17-2)6(4)8(10,11)12/h3H,1-2H3. The van der Waals surface area contributed by atoms with Crippen molar-refractivity contribution in [2.45, 2.75) is 19.5 Å². The first-order chi connectivity index (χ1) is 8.06. The molecule has 0 saturated carbocycles. The van der Waals surface area contributed by atoms with Gasteiger partial charge in [0.15, 0.2) is 5.75 Å². The van der Waals surface area contributed by atoms with Crippen LogP contribution in [-0.2, 0) is 6.18 Å². The Morgan fingerprint density at radius 1 is 1.11 bits per heavy atom. The highest BCUT2D eigenvalue weighted by Gasteiger charge is 2.40.